The Balaban J connectivity index is 2.71. The number of nitrogens with one attached hydrogen (secondary N) is 1. The van der Waals surface area contributed by atoms with E-state index in [4.69, 9.17) is 5.11 Å². The second-order valence-electron chi connectivity index (χ2n) is 4.03. The molecule has 2 N–H and O–H groups in total. The van der Waals surface area contributed by atoms with Gasteiger partial charge in [-0.3, -0.25) is 4.79 Å². The first kappa shape index (κ1) is 14.5. The van der Waals surface area contributed by atoms with Gasteiger partial charge in [0.2, 0.25) is 5.91 Å². The smallest absolute Gasteiger partial charge is 0.394 e. The molecule has 0 aromatic heterocycles. The van der Waals surface area contributed by atoms with E-state index in [2.05, 4.69) is 5.32 Å². The maximum Gasteiger partial charge on any atom is 0.416 e. The Morgan fingerprint density at radius 2 is 2.11 bits per heavy atom. The van der Waals surface area contributed by atoms with Gasteiger partial charge in [-0.1, -0.05) is 18.2 Å². The van der Waals surface area contributed by atoms with Crippen LogP contribution < -0.4 is 5.32 Å². The highest BCUT2D eigenvalue weighted by Crippen LogP contribution is 2.29. The van der Waals surface area contributed by atoms with Gasteiger partial charge in [-0.25, -0.2) is 0 Å². The monoisotopic (exact) mass is 261 g/mol. The van der Waals surface area contributed by atoms with Gasteiger partial charge in [-0.15, -0.1) is 0 Å². The number of carbonyl (C=O) groups is 1. The van der Waals surface area contributed by atoms with E-state index in [-0.39, 0.29) is 18.6 Å². The fourth-order valence-corrected chi connectivity index (χ4v) is 1.41. The lowest BCUT2D eigenvalue weighted by molar-refractivity contribution is -0.137. The summed E-state index contributed by atoms with van der Waals surface area (Å²) in [6.07, 6.45) is -4.56. The van der Waals surface area contributed by atoms with E-state index in [0.29, 0.717) is 0 Å². The first-order chi connectivity index (χ1) is 8.32. The summed E-state index contributed by atoms with van der Waals surface area (Å²) in [4.78, 5) is 11.4. The standard InChI is InChI=1S/C12H14F3NO2/c1-8(7-17)16-11(18)6-9-3-2-4-10(5-9)12(13,14)15/h2-5,8,17H,6-7H2,1H3,(H,16,18)/t8-/m1/s1. The molecule has 0 unspecified atom stereocenters. The second kappa shape index (κ2) is 5.86. The van der Waals surface area contributed by atoms with Crippen LogP contribution in [0.15, 0.2) is 24.3 Å². The lowest BCUT2D eigenvalue weighted by Gasteiger charge is -2.12. The predicted molar refractivity (Wildman–Crippen MR) is 59.8 cm³/mol. The fourth-order valence-electron chi connectivity index (χ4n) is 1.41. The van der Waals surface area contributed by atoms with Crippen molar-refractivity contribution in [3.05, 3.63) is 35.4 Å². The maximum absolute atomic E-state index is 12.4. The SMILES string of the molecule is C[C@H](CO)NC(=O)Cc1cccc(C(F)(F)F)c1. The van der Waals surface area contributed by atoms with Gasteiger partial charge in [0, 0.05) is 6.04 Å². The van der Waals surface area contributed by atoms with Crippen LogP contribution in [0.25, 0.3) is 0 Å². The molecule has 6 heteroatoms. The van der Waals surface area contributed by atoms with Gasteiger partial charge in [0.25, 0.3) is 0 Å². The minimum Gasteiger partial charge on any atom is -0.394 e. The molecule has 1 rings (SSSR count). The zero-order valence-electron chi connectivity index (χ0n) is 9.79. The number of aliphatic hydroxyl groups excluding tert-OH is 1. The van der Waals surface area contributed by atoms with Crippen molar-refractivity contribution in [1.82, 2.24) is 5.32 Å². The van der Waals surface area contributed by atoms with Crippen molar-refractivity contribution in [3.63, 3.8) is 0 Å². The first-order valence-electron chi connectivity index (χ1n) is 5.39. The highest BCUT2D eigenvalue weighted by Gasteiger charge is 2.30. The largest absolute Gasteiger partial charge is 0.416 e. The first-order valence-corrected chi connectivity index (χ1v) is 5.39. The summed E-state index contributed by atoms with van der Waals surface area (Å²) in [5.41, 5.74) is -0.490. The maximum atomic E-state index is 12.4. The molecule has 3 nitrogen and oxygen atoms in total. The highest BCUT2D eigenvalue weighted by atomic mass is 19.4. The molecule has 0 saturated carbocycles. The molecule has 1 aromatic rings. The van der Waals surface area contributed by atoms with Crippen LogP contribution >= 0.6 is 0 Å². The highest BCUT2D eigenvalue weighted by molar-refractivity contribution is 5.78. The van der Waals surface area contributed by atoms with Gasteiger partial charge in [0.05, 0.1) is 18.6 Å². The van der Waals surface area contributed by atoms with Crippen molar-refractivity contribution < 1.29 is 23.1 Å². The van der Waals surface area contributed by atoms with Gasteiger partial charge >= 0.3 is 6.18 Å². The average molecular weight is 261 g/mol. The molecule has 0 saturated heterocycles. The number of halogens is 3. The van der Waals surface area contributed by atoms with Crippen molar-refractivity contribution >= 4 is 5.91 Å². The van der Waals surface area contributed by atoms with Crippen LogP contribution in [-0.2, 0) is 17.4 Å². The number of alkyl halides is 3. The Hall–Kier alpha value is -1.56. The molecule has 0 bridgehead atoms. The molecule has 0 heterocycles. The van der Waals surface area contributed by atoms with Crippen molar-refractivity contribution in [3.8, 4) is 0 Å². The number of hydrogen-bond donors (Lipinski definition) is 2. The minimum atomic E-state index is -4.41. The molecular weight excluding hydrogens is 247 g/mol. The van der Waals surface area contributed by atoms with Gasteiger partial charge in [-0.2, -0.15) is 13.2 Å². The Kier molecular flexibility index (Phi) is 4.72. The molecule has 0 spiro atoms. The van der Waals surface area contributed by atoms with Crippen molar-refractivity contribution in [1.29, 1.82) is 0 Å². The van der Waals surface area contributed by atoms with Crippen molar-refractivity contribution in [2.75, 3.05) is 6.61 Å². The molecule has 0 aliphatic carbocycles. The van der Waals surface area contributed by atoms with Crippen LogP contribution in [-0.4, -0.2) is 23.7 Å². The van der Waals surface area contributed by atoms with Gasteiger partial charge in [0.15, 0.2) is 0 Å². The Bertz CT molecular complexity index is 418. The third-order valence-corrected chi connectivity index (χ3v) is 2.30. The van der Waals surface area contributed by atoms with Crippen LogP contribution in [0.3, 0.4) is 0 Å². The lowest BCUT2D eigenvalue weighted by atomic mass is 10.1. The Labute approximate surface area is 103 Å². The predicted octanol–water partition coefficient (Wildman–Crippen LogP) is 1.74. The minimum absolute atomic E-state index is 0.145. The van der Waals surface area contributed by atoms with Crippen molar-refractivity contribution in [2.45, 2.75) is 25.6 Å². The summed E-state index contributed by atoms with van der Waals surface area (Å²) in [6, 6.07) is 4.21. The number of rotatable bonds is 4. The fraction of sp³-hybridized carbons (Fsp3) is 0.417. The van der Waals surface area contributed by atoms with Crippen LogP contribution in [0.1, 0.15) is 18.1 Å². The molecule has 0 radical (unpaired) electrons. The molecule has 18 heavy (non-hydrogen) atoms. The van der Waals surface area contributed by atoms with E-state index in [1.807, 2.05) is 0 Å². The summed E-state index contributed by atoms with van der Waals surface area (Å²) < 4.78 is 37.3. The number of amides is 1. The summed E-state index contributed by atoms with van der Waals surface area (Å²) in [6.45, 7) is 1.39. The summed E-state index contributed by atoms with van der Waals surface area (Å²) in [5, 5.41) is 11.2. The molecule has 0 aliphatic rings. The topological polar surface area (TPSA) is 49.3 Å². The molecule has 0 fully saturated rings. The number of benzene rings is 1. The third kappa shape index (κ3) is 4.37. The quantitative estimate of drug-likeness (QED) is 0.867. The van der Waals surface area contributed by atoms with E-state index in [1.54, 1.807) is 6.92 Å². The lowest BCUT2D eigenvalue weighted by Crippen LogP contribution is -2.36. The van der Waals surface area contributed by atoms with Crippen LogP contribution in [0.4, 0.5) is 13.2 Å². The van der Waals surface area contributed by atoms with Gasteiger partial charge < -0.3 is 10.4 Å². The normalized spacial score (nSPS) is 13.2. The van der Waals surface area contributed by atoms with Gasteiger partial charge in [0.1, 0.15) is 0 Å². The number of carbonyl (C=O) groups excluding carboxylic acids is 1. The Morgan fingerprint density at radius 1 is 1.44 bits per heavy atom. The number of aliphatic hydroxyl groups is 1. The van der Waals surface area contributed by atoms with Crippen LogP contribution in [0.5, 0.6) is 0 Å². The van der Waals surface area contributed by atoms with E-state index in [0.717, 1.165) is 12.1 Å². The van der Waals surface area contributed by atoms with Crippen LogP contribution in [0.2, 0.25) is 0 Å². The van der Waals surface area contributed by atoms with Crippen molar-refractivity contribution in [2.24, 2.45) is 0 Å². The molecule has 0 aliphatic heterocycles. The molecular formula is C12H14F3NO2. The molecule has 1 aromatic carbocycles. The second-order valence-corrected chi connectivity index (χ2v) is 4.03. The van der Waals surface area contributed by atoms with Crippen LogP contribution in [0, 0.1) is 0 Å². The van der Waals surface area contributed by atoms with E-state index >= 15 is 0 Å². The summed E-state index contributed by atoms with van der Waals surface area (Å²) in [7, 11) is 0. The van der Waals surface area contributed by atoms with E-state index in [1.165, 1.54) is 12.1 Å². The average Bonchev–Trinajstić information content (AvgIpc) is 2.27. The summed E-state index contributed by atoms with van der Waals surface area (Å²) in [5.74, 6) is -0.420. The van der Waals surface area contributed by atoms with Gasteiger partial charge in [-0.05, 0) is 18.6 Å². The van der Waals surface area contributed by atoms with E-state index in [9.17, 15) is 18.0 Å². The molecule has 1 amide bonds. The third-order valence-electron chi connectivity index (χ3n) is 2.30. The zero-order chi connectivity index (χ0) is 13.8. The number of hydrogen-bond acceptors (Lipinski definition) is 2. The zero-order valence-corrected chi connectivity index (χ0v) is 9.79. The molecule has 100 valence electrons. The van der Waals surface area contributed by atoms with E-state index < -0.39 is 23.7 Å². The summed E-state index contributed by atoms with van der Waals surface area (Å²) >= 11 is 0. The molecule has 1 atom stereocenters. The Morgan fingerprint density at radius 3 is 2.67 bits per heavy atom.